The summed E-state index contributed by atoms with van der Waals surface area (Å²) in [6, 6.07) is 10.1. The van der Waals surface area contributed by atoms with Crippen LogP contribution in [-0.2, 0) is 20.4 Å². The number of carbonyl (C=O) groups is 2. The van der Waals surface area contributed by atoms with Crippen molar-refractivity contribution in [2.75, 3.05) is 19.6 Å². The number of amides is 2. The summed E-state index contributed by atoms with van der Waals surface area (Å²) >= 11 is 12.1. The van der Waals surface area contributed by atoms with E-state index in [1.54, 1.807) is 45.2 Å². The van der Waals surface area contributed by atoms with E-state index in [9.17, 15) is 18.0 Å². The largest absolute Gasteiger partial charge is 0.443 e. The number of nitrogens with one attached hydrogen (secondary N) is 2. The third kappa shape index (κ3) is 7.07. The summed E-state index contributed by atoms with van der Waals surface area (Å²) in [4.78, 5) is 29.3. The summed E-state index contributed by atoms with van der Waals surface area (Å²) in [5.41, 5.74) is -0.428. The van der Waals surface area contributed by atoms with Crippen molar-refractivity contribution in [1.29, 1.82) is 0 Å². The van der Waals surface area contributed by atoms with Gasteiger partial charge < -0.3 is 10.1 Å². The minimum Gasteiger partial charge on any atom is -0.443 e. The highest BCUT2D eigenvalue weighted by Gasteiger charge is 2.41. The number of pyridine rings is 1. The molecule has 1 aromatic carbocycles. The van der Waals surface area contributed by atoms with Crippen molar-refractivity contribution in [3.8, 4) is 0 Å². The molecule has 0 spiro atoms. The fraction of sp³-hybridized carbons (Fsp3) is 0.435. The molecular formula is C23H28Cl2N4O5S. The topological polar surface area (TPSA) is 118 Å². The smallest absolute Gasteiger partial charge is 0.422 e. The van der Waals surface area contributed by atoms with E-state index in [1.165, 1.54) is 10.4 Å². The molecule has 35 heavy (non-hydrogen) atoms. The lowest BCUT2D eigenvalue weighted by Gasteiger charge is -2.40. The second kappa shape index (κ2) is 10.7. The van der Waals surface area contributed by atoms with Crippen molar-refractivity contribution >= 4 is 45.4 Å². The van der Waals surface area contributed by atoms with Gasteiger partial charge in [-0.2, -0.15) is 12.7 Å². The van der Waals surface area contributed by atoms with Crippen LogP contribution in [0.25, 0.3) is 0 Å². The summed E-state index contributed by atoms with van der Waals surface area (Å²) in [5.74, 6) is -0.372. The van der Waals surface area contributed by atoms with Gasteiger partial charge in [-0.3, -0.25) is 9.78 Å². The van der Waals surface area contributed by atoms with Gasteiger partial charge in [0.05, 0.1) is 10.6 Å². The number of hydrogen-bond donors (Lipinski definition) is 2. The number of halogens is 2. The Morgan fingerprint density at radius 1 is 1.14 bits per heavy atom. The van der Waals surface area contributed by atoms with Gasteiger partial charge in [0, 0.05) is 42.0 Å². The van der Waals surface area contributed by atoms with Crippen molar-refractivity contribution in [2.45, 2.75) is 44.6 Å². The molecule has 1 aromatic heterocycles. The quantitative estimate of drug-likeness (QED) is 0.571. The highest BCUT2D eigenvalue weighted by molar-refractivity contribution is 7.87. The van der Waals surface area contributed by atoms with Gasteiger partial charge in [-0.05, 0) is 63.9 Å². The Hall–Kier alpha value is -2.40. The molecule has 9 nitrogen and oxygen atoms in total. The maximum absolute atomic E-state index is 12.8. The van der Waals surface area contributed by atoms with Gasteiger partial charge >= 0.3 is 16.3 Å². The maximum Gasteiger partial charge on any atom is 0.422 e. The second-order valence-corrected chi connectivity index (χ2v) is 11.8. The van der Waals surface area contributed by atoms with Crippen molar-refractivity contribution in [3.63, 3.8) is 0 Å². The van der Waals surface area contributed by atoms with Gasteiger partial charge in [-0.15, -0.1) is 0 Å². The third-order valence-electron chi connectivity index (χ3n) is 5.60. The molecule has 2 heterocycles. The summed E-state index contributed by atoms with van der Waals surface area (Å²) in [6.07, 6.45) is 1.36. The zero-order valence-corrected chi connectivity index (χ0v) is 22.0. The Morgan fingerprint density at radius 3 is 2.40 bits per heavy atom. The molecule has 1 aliphatic heterocycles. The highest BCUT2D eigenvalue weighted by atomic mass is 35.5. The van der Waals surface area contributed by atoms with Crippen molar-refractivity contribution in [2.24, 2.45) is 0 Å². The van der Waals surface area contributed by atoms with Crippen LogP contribution in [0, 0.1) is 0 Å². The predicted octanol–water partition coefficient (Wildman–Crippen LogP) is 3.92. The number of nitrogens with zero attached hydrogens (tertiary/aromatic N) is 2. The molecule has 0 radical (unpaired) electrons. The third-order valence-corrected chi connectivity index (χ3v) is 7.62. The molecule has 0 atom stereocenters. The molecule has 0 saturated carbocycles. The second-order valence-electron chi connectivity index (χ2n) is 9.31. The predicted molar refractivity (Wildman–Crippen MR) is 134 cm³/mol. The summed E-state index contributed by atoms with van der Waals surface area (Å²) in [5, 5.41) is 3.57. The van der Waals surface area contributed by atoms with Crippen LogP contribution in [0.15, 0.2) is 42.6 Å². The normalized spacial score (nSPS) is 16.4. The van der Waals surface area contributed by atoms with Gasteiger partial charge in [-0.1, -0.05) is 29.3 Å². The van der Waals surface area contributed by atoms with E-state index in [4.69, 9.17) is 27.9 Å². The first-order chi connectivity index (χ1) is 16.3. The number of carbonyl (C=O) groups excluding carboxylic acids is 2. The van der Waals surface area contributed by atoms with Crippen molar-refractivity contribution in [1.82, 2.24) is 19.3 Å². The van der Waals surface area contributed by atoms with E-state index >= 15 is 0 Å². The van der Waals surface area contributed by atoms with E-state index in [0.717, 1.165) is 5.69 Å². The SMILES string of the molecule is CC(C)(C)OC(=O)NS(=O)(=O)N1CCC(CNC(=O)c2ccc(Cl)cc2Cl)(c2ccccn2)CC1. The molecule has 1 aliphatic rings. The van der Waals surface area contributed by atoms with Gasteiger partial charge in [0.25, 0.3) is 5.91 Å². The average molecular weight is 543 g/mol. The Morgan fingerprint density at radius 2 is 1.83 bits per heavy atom. The molecular weight excluding hydrogens is 515 g/mol. The molecule has 12 heteroatoms. The fourth-order valence-corrected chi connectivity index (χ4v) is 5.38. The van der Waals surface area contributed by atoms with Gasteiger partial charge in [0.15, 0.2) is 0 Å². The lowest BCUT2D eigenvalue weighted by molar-refractivity contribution is 0.0565. The molecule has 2 amide bonds. The number of piperidine rings is 1. The Balaban J connectivity index is 1.74. The van der Waals surface area contributed by atoms with E-state index in [0.29, 0.717) is 17.9 Å². The maximum atomic E-state index is 12.8. The molecule has 190 valence electrons. The first kappa shape index (κ1) is 27.2. The van der Waals surface area contributed by atoms with Crippen molar-refractivity contribution < 1.29 is 22.7 Å². The molecule has 0 aliphatic carbocycles. The lowest BCUT2D eigenvalue weighted by Crippen LogP contribution is -2.53. The molecule has 0 bridgehead atoms. The first-order valence-electron chi connectivity index (χ1n) is 11.0. The Labute approximate surface area is 215 Å². The van der Waals surface area contributed by atoms with Crippen molar-refractivity contribution in [3.05, 3.63) is 63.9 Å². The fourth-order valence-electron chi connectivity index (χ4n) is 3.84. The average Bonchev–Trinajstić information content (AvgIpc) is 2.76. The van der Waals surface area contributed by atoms with Crippen LogP contribution in [0.1, 0.15) is 49.7 Å². The Kier molecular flexibility index (Phi) is 8.31. The molecule has 2 N–H and O–H groups in total. The van der Waals surface area contributed by atoms with Crippen LogP contribution in [-0.4, -0.2) is 54.9 Å². The number of aromatic nitrogens is 1. The van der Waals surface area contributed by atoms with Gasteiger partial charge in [0.1, 0.15) is 5.60 Å². The summed E-state index contributed by atoms with van der Waals surface area (Å²) < 4.78 is 33.7. The van der Waals surface area contributed by atoms with E-state index in [-0.39, 0.29) is 36.1 Å². The van der Waals surface area contributed by atoms with E-state index < -0.39 is 27.3 Å². The zero-order chi connectivity index (χ0) is 25.9. The van der Waals surface area contributed by atoms with Gasteiger partial charge in [-0.25, -0.2) is 9.52 Å². The van der Waals surface area contributed by atoms with Crippen LogP contribution in [0.2, 0.25) is 10.0 Å². The van der Waals surface area contributed by atoms with Crippen LogP contribution in [0.5, 0.6) is 0 Å². The van der Waals surface area contributed by atoms with Gasteiger partial charge in [0.2, 0.25) is 0 Å². The van der Waals surface area contributed by atoms with Crippen LogP contribution < -0.4 is 10.0 Å². The first-order valence-corrected chi connectivity index (χ1v) is 13.2. The minimum atomic E-state index is -4.10. The lowest BCUT2D eigenvalue weighted by atomic mass is 9.75. The van der Waals surface area contributed by atoms with Crippen LogP contribution in [0.4, 0.5) is 4.79 Å². The minimum absolute atomic E-state index is 0.117. The standard InChI is InChI=1S/C23H28Cl2N4O5S/c1-22(2,3)34-21(31)28-35(32,33)29-12-9-23(10-13-29,19-6-4-5-11-26-19)15-27-20(30)17-8-7-16(24)14-18(17)25/h4-8,11,14H,9-10,12-13,15H2,1-3H3,(H,27,30)(H,28,31). The van der Waals surface area contributed by atoms with Crippen LogP contribution in [0.3, 0.4) is 0 Å². The molecule has 3 rings (SSSR count). The Bertz CT molecular complexity index is 1180. The number of hydrogen-bond acceptors (Lipinski definition) is 6. The van der Waals surface area contributed by atoms with E-state index in [2.05, 4.69) is 10.3 Å². The number of rotatable bonds is 6. The molecule has 1 fully saturated rings. The molecule has 2 aromatic rings. The van der Waals surface area contributed by atoms with Crippen LogP contribution >= 0.6 is 23.2 Å². The molecule has 0 unspecified atom stereocenters. The van der Waals surface area contributed by atoms with E-state index in [1.807, 2.05) is 16.9 Å². The zero-order valence-electron chi connectivity index (χ0n) is 19.7. The summed E-state index contributed by atoms with van der Waals surface area (Å²) in [6.45, 7) is 5.39. The number of ether oxygens (including phenoxy) is 1. The summed E-state index contributed by atoms with van der Waals surface area (Å²) in [7, 11) is -4.10. The number of benzene rings is 1. The monoisotopic (exact) mass is 542 g/mol. The molecule has 1 saturated heterocycles. The highest BCUT2D eigenvalue weighted by Crippen LogP contribution is 2.35.